The van der Waals surface area contributed by atoms with Crippen LogP contribution < -0.4 is 21.3 Å². The molecule has 1 fully saturated rings. The maximum Gasteiger partial charge on any atom is 0.264 e. The summed E-state index contributed by atoms with van der Waals surface area (Å²) in [4.78, 5) is 21.1. The van der Waals surface area contributed by atoms with Crippen LogP contribution in [0.15, 0.2) is 35.4 Å². The molecule has 1 spiro atoms. The fourth-order valence-corrected chi connectivity index (χ4v) is 5.03. The number of aromatic nitrogens is 3. The summed E-state index contributed by atoms with van der Waals surface area (Å²) in [5.41, 5.74) is 5.82. The number of hydrogen-bond donors (Lipinski definition) is 4. The molecule has 12 heteroatoms. The van der Waals surface area contributed by atoms with Crippen molar-refractivity contribution in [3.63, 3.8) is 0 Å². The number of carbonyl (C=O) groups is 1. The van der Waals surface area contributed by atoms with E-state index in [1.807, 2.05) is 10.6 Å². The van der Waals surface area contributed by atoms with Crippen molar-refractivity contribution >= 4 is 44.4 Å². The highest BCUT2D eigenvalue weighted by Gasteiger charge is 2.46. The summed E-state index contributed by atoms with van der Waals surface area (Å²) in [5, 5.41) is 8.64. The lowest BCUT2D eigenvalue weighted by atomic mass is 9.80. The van der Waals surface area contributed by atoms with Crippen LogP contribution in [-0.2, 0) is 20.4 Å². The molecule has 2 aromatic heterocycles. The number of amides is 1. The fraction of sp³-hybridized carbons (Fsp3) is 0.316. The van der Waals surface area contributed by atoms with Crippen LogP contribution in [0.2, 0.25) is 0 Å². The minimum Gasteiger partial charge on any atom is -0.324 e. The first-order valence-corrected chi connectivity index (χ1v) is 11.4. The number of halogens is 1. The van der Waals surface area contributed by atoms with Gasteiger partial charge in [-0.3, -0.25) is 20.2 Å². The molecule has 1 aliphatic heterocycles. The van der Waals surface area contributed by atoms with Crippen molar-refractivity contribution in [2.24, 2.45) is 5.14 Å². The molecule has 3 heterocycles. The normalized spacial score (nSPS) is 17.8. The smallest absolute Gasteiger partial charge is 0.264 e. The number of nitrogens with two attached hydrogens (primary N) is 1. The summed E-state index contributed by atoms with van der Waals surface area (Å²) in [6.07, 6.45) is 6.01. The molecule has 1 aliphatic carbocycles. The molecule has 0 bridgehead atoms. The van der Waals surface area contributed by atoms with Gasteiger partial charge in [0.05, 0.1) is 0 Å². The molecule has 1 aromatic carbocycles. The van der Waals surface area contributed by atoms with E-state index >= 15 is 0 Å². The highest BCUT2D eigenvalue weighted by atomic mass is 32.2. The van der Waals surface area contributed by atoms with Crippen molar-refractivity contribution < 1.29 is 17.6 Å². The van der Waals surface area contributed by atoms with Crippen LogP contribution in [-0.4, -0.2) is 28.9 Å². The summed E-state index contributed by atoms with van der Waals surface area (Å²) in [6, 6.07) is 5.34. The van der Waals surface area contributed by atoms with Crippen LogP contribution in [0.25, 0.3) is 11.0 Å². The van der Waals surface area contributed by atoms with Gasteiger partial charge in [-0.1, -0.05) is 19.3 Å². The van der Waals surface area contributed by atoms with Crippen molar-refractivity contribution in [1.82, 2.24) is 20.0 Å². The molecular formula is C19H20FN7O3S. The third kappa shape index (κ3) is 3.18. The summed E-state index contributed by atoms with van der Waals surface area (Å²) in [5.74, 6) is -0.152. The van der Waals surface area contributed by atoms with Gasteiger partial charge in [-0.15, -0.1) is 0 Å². The van der Waals surface area contributed by atoms with Crippen LogP contribution in [0, 0.1) is 5.82 Å². The molecule has 1 saturated carbocycles. The molecule has 3 aromatic rings. The molecular weight excluding hydrogens is 425 g/mol. The summed E-state index contributed by atoms with van der Waals surface area (Å²) in [7, 11) is -4.16. The topological polar surface area (TPSA) is 144 Å². The molecule has 0 atom stereocenters. The van der Waals surface area contributed by atoms with Gasteiger partial charge in [0.15, 0.2) is 0 Å². The van der Waals surface area contributed by atoms with Gasteiger partial charge in [0.2, 0.25) is 16.0 Å². The standard InChI is InChI=1S/C19H20FN7O3S/c20-13-9-12(4-5-14(13)31(21,29)30)23-18-22-10-11-8-15-25-26-17(28)19(6-2-1-3-7-19)27(15)16(11)24-18/h4-5,8-10,25H,1-3,6-7H2,(H,26,28)(H2,21,29,30)(H,22,23,24). The summed E-state index contributed by atoms with van der Waals surface area (Å²) >= 11 is 0. The maximum atomic E-state index is 14.2. The van der Waals surface area contributed by atoms with Gasteiger partial charge in [-0.2, -0.15) is 4.98 Å². The van der Waals surface area contributed by atoms with Crippen molar-refractivity contribution in [2.75, 3.05) is 10.7 Å². The van der Waals surface area contributed by atoms with Crippen LogP contribution in [0.4, 0.5) is 21.8 Å². The highest BCUT2D eigenvalue weighted by Crippen LogP contribution is 2.42. The average Bonchev–Trinajstić information content (AvgIpc) is 3.10. The summed E-state index contributed by atoms with van der Waals surface area (Å²) in [6.45, 7) is 0. The predicted octanol–water partition coefficient (Wildman–Crippen LogP) is 2.08. The molecule has 0 radical (unpaired) electrons. The number of sulfonamides is 1. The van der Waals surface area contributed by atoms with Crippen molar-refractivity contribution in [1.29, 1.82) is 0 Å². The zero-order valence-electron chi connectivity index (χ0n) is 16.4. The molecule has 2 aliphatic rings. The van der Waals surface area contributed by atoms with E-state index in [0.29, 0.717) is 18.5 Å². The highest BCUT2D eigenvalue weighted by molar-refractivity contribution is 7.89. The number of hydrazine groups is 1. The van der Waals surface area contributed by atoms with Crippen LogP contribution in [0.1, 0.15) is 32.1 Å². The molecule has 0 unspecified atom stereocenters. The van der Waals surface area contributed by atoms with Crippen LogP contribution in [0.3, 0.4) is 0 Å². The Kier molecular flexibility index (Phi) is 4.38. The lowest BCUT2D eigenvalue weighted by molar-refractivity contribution is -0.131. The lowest BCUT2D eigenvalue weighted by Gasteiger charge is -2.41. The quantitative estimate of drug-likeness (QED) is 0.483. The number of benzene rings is 1. The van der Waals surface area contributed by atoms with Crippen molar-refractivity contribution in [2.45, 2.75) is 42.5 Å². The first-order chi connectivity index (χ1) is 14.8. The Morgan fingerprint density at radius 2 is 1.94 bits per heavy atom. The number of nitrogens with zero attached hydrogens (tertiary/aromatic N) is 3. The second-order valence-electron chi connectivity index (χ2n) is 7.82. The van der Waals surface area contributed by atoms with E-state index in [4.69, 9.17) is 5.14 Å². The van der Waals surface area contributed by atoms with Gasteiger partial charge in [-0.05, 0) is 37.1 Å². The van der Waals surface area contributed by atoms with E-state index in [1.165, 1.54) is 6.07 Å². The van der Waals surface area contributed by atoms with Gasteiger partial charge in [0, 0.05) is 17.3 Å². The maximum absolute atomic E-state index is 14.2. The first kappa shape index (κ1) is 19.7. The molecule has 5 rings (SSSR count). The number of primary sulfonamides is 1. The number of carbonyl (C=O) groups excluding carboxylic acids is 1. The monoisotopic (exact) mass is 445 g/mol. The minimum atomic E-state index is -4.16. The average molecular weight is 445 g/mol. The Hall–Kier alpha value is -3.25. The third-order valence-electron chi connectivity index (χ3n) is 5.87. The van der Waals surface area contributed by atoms with Gasteiger partial charge in [0.1, 0.15) is 27.7 Å². The van der Waals surface area contributed by atoms with E-state index in [2.05, 4.69) is 26.1 Å². The van der Waals surface area contributed by atoms with Crippen LogP contribution in [0.5, 0.6) is 0 Å². The van der Waals surface area contributed by atoms with Gasteiger partial charge in [-0.25, -0.2) is 22.9 Å². The Bertz CT molecular complexity index is 1320. The molecule has 1 amide bonds. The zero-order chi connectivity index (χ0) is 21.8. The van der Waals surface area contributed by atoms with Crippen LogP contribution >= 0.6 is 0 Å². The van der Waals surface area contributed by atoms with Gasteiger partial charge < -0.3 is 5.32 Å². The van der Waals surface area contributed by atoms with Gasteiger partial charge >= 0.3 is 0 Å². The Morgan fingerprint density at radius 1 is 1.16 bits per heavy atom. The molecule has 0 saturated heterocycles. The Morgan fingerprint density at radius 3 is 2.65 bits per heavy atom. The van der Waals surface area contributed by atoms with Gasteiger partial charge in [0.25, 0.3) is 5.91 Å². The van der Waals surface area contributed by atoms with E-state index in [0.717, 1.165) is 42.6 Å². The Labute approximate surface area is 177 Å². The minimum absolute atomic E-state index is 0.0917. The molecule has 10 nitrogen and oxygen atoms in total. The Balaban J connectivity index is 1.56. The van der Waals surface area contributed by atoms with Crippen molar-refractivity contribution in [3.8, 4) is 0 Å². The van der Waals surface area contributed by atoms with E-state index in [9.17, 15) is 17.6 Å². The van der Waals surface area contributed by atoms with Crippen molar-refractivity contribution in [3.05, 3.63) is 36.3 Å². The number of anilines is 3. The number of rotatable bonds is 3. The predicted molar refractivity (Wildman–Crippen MR) is 111 cm³/mol. The van der Waals surface area contributed by atoms with E-state index < -0.39 is 26.3 Å². The zero-order valence-corrected chi connectivity index (χ0v) is 17.2. The molecule has 31 heavy (non-hydrogen) atoms. The number of fused-ring (bicyclic) bond motifs is 4. The fourth-order valence-electron chi connectivity index (χ4n) is 4.44. The number of nitrogens with one attached hydrogen (secondary N) is 3. The SMILES string of the molecule is NS(=O)(=O)c1ccc(Nc2ncc3cc4n(c3n2)C2(CCCCC2)C(=O)NN4)cc1F. The molecule has 5 N–H and O–H groups in total. The lowest BCUT2D eigenvalue weighted by Crippen LogP contribution is -2.55. The second-order valence-corrected chi connectivity index (χ2v) is 9.35. The number of hydrogen-bond acceptors (Lipinski definition) is 7. The van der Waals surface area contributed by atoms with E-state index in [-0.39, 0.29) is 17.5 Å². The second kappa shape index (κ2) is 6.89. The largest absolute Gasteiger partial charge is 0.324 e. The summed E-state index contributed by atoms with van der Waals surface area (Å²) < 4.78 is 38.9. The third-order valence-corrected chi connectivity index (χ3v) is 6.82. The first-order valence-electron chi connectivity index (χ1n) is 9.83. The molecule has 162 valence electrons. The van der Waals surface area contributed by atoms with E-state index in [1.54, 1.807) is 6.20 Å².